The van der Waals surface area contributed by atoms with E-state index in [1.165, 1.54) is 50.8 Å². The van der Waals surface area contributed by atoms with Gasteiger partial charge in [0.15, 0.2) is 0 Å². The van der Waals surface area contributed by atoms with Gasteiger partial charge < -0.3 is 19.3 Å². The number of hydrogen-bond acceptors (Lipinski definition) is 4. The zero-order valence-electron chi connectivity index (χ0n) is 34.2. The molecule has 2 aliphatic heterocycles. The van der Waals surface area contributed by atoms with Crippen molar-refractivity contribution < 1.29 is 9.47 Å². The summed E-state index contributed by atoms with van der Waals surface area (Å²) in [6.07, 6.45) is 13.1. The molecule has 0 aromatic heterocycles. The predicted molar refractivity (Wildman–Crippen MR) is 253 cm³/mol. The summed E-state index contributed by atoms with van der Waals surface area (Å²) in [6.45, 7) is 12.3. The molecule has 1 aliphatic carbocycles. The monoisotopic (exact) mass is 942 g/mol. The molecule has 0 spiro atoms. The predicted octanol–water partition coefficient (Wildman–Crippen LogP) is 13.9. The molecule has 0 bridgehead atoms. The van der Waals surface area contributed by atoms with Gasteiger partial charge in [-0.2, -0.15) is 4.58 Å². The smallest absolute Gasteiger partial charge is 0.218 e. The molecule has 302 valence electrons. The van der Waals surface area contributed by atoms with E-state index in [0.717, 1.165) is 69.1 Å². The van der Waals surface area contributed by atoms with E-state index in [-0.39, 0.29) is 10.8 Å². The standard InChI is InChI=1S/C49H52Br2Cl2N3O2/c1-48(2)41-31-37(52)17-23-43(41)54(27-7-29-57-5)45(48)25-11-33-9-10-34(47(33)56(39-19-13-35(50)14-20-39)40-21-15-36(51)16-22-40)12-26-46-49(3,4)42-32-38(53)18-24-44(42)55(46)28-8-30-58-6/h11-26,31-32H,7-10,27-30H2,1-6H3/q+1. The minimum Gasteiger partial charge on any atom is -0.385 e. The van der Waals surface area contributed by atoms with Crippen LogP contribution in [0.25, 0.3) is 0 Å². The fourth-order valence-electron chi connectivity index (χ4n) is 8.78. The van der Waals surface area contributed by atoms with Gasteiger partial charge in [0.1, 0.15) is 0 Å². The van der Waals surface area contributed by atoms with Gasteiger partial charge in [0.2, 0.25) is 17.1 Å². The second-order valence-electron chi connectivity index (χ2n) is 16.2. The molecule has 1 fully saturated rings. The fourth-order valence-corrected chi connectivity index (χ4v) is 9.65. The number of anilines is 2. The van der Waals surface area contributed by atoms with Crippen LogP contribution in [0.3, 0.4) is 0 Å². The van der Waals surface area contributed by atoms with Gasteiger partial charge in [-0.25, -0.2) is 0 Å². The van der Waals surface area contributed by atoms with Crippen LogP contribution >= 0.6 is 55.1 Å². The summed E-state index contributed by atoms with van der Waals surface area (Å²) in [5.41, 5.74) is 12.9. The summed E-state index contributed by atoms with van der Waals surface area (Å²) < 4.78 is 15.5. The first-order valence-electron chi connectivity index (χ1n) is 20.0. The number of allylic oxidation sites excluding steroid dienone is 8. The molecule has 0 atom stereocenters. The van der Waals surface area contributed by atoms with E-state index >= 15 is 0 Å². The topological polar surface area (TPSA) is 28.0 Å². The maximum absolute atomic E-state index is 6.62. The second-order valence-corrected chi connectivity index (χ2v) is 18.9. The minimum absolute atomic E-state index is 0.248. The van der Waals surface area contributed by atoms with Crippen molar-refractivity contribution in [1.82, 2.24) is 4.58 Å². The van der Waals surface area contributed by atoms with Crippen LogP contribution in [0.1, 0.15) is 64.5 Å². The first-order chi connectivity index (χ1) is 27.8. The summed E-state index contributed by atoms with van der Waals surface area (Å²) in [7, 11) is 3.54. The van der Waals surface area contributed by atoms with Gasteiger partial charge in [0, 0.05) is 129 Å². The van der Waals surface area contributed by atoms with Crippen LogP contribution < -0.4 is 14.4 Å². The maximum atomic E-state index is 6.62. The van der Waals surface area contributed by atoms with Crippen LogP contribution in [0, 0.1) is 0 Å². The molecule has 4 aromatic carbocycles. The Balaban J connectivity index is 1.43. The van der Waals surface area contributed by atoms with Crippen molar-refractivity contribution in [3.05, 3.63) is 162 Å². The number of nitrogens with zero attached hydrogens (tertiary/aromatic N) is 3. The SMILES string of the molecule is COCCCN1C(=CC=C2CC/C(=C\C=C3\N(CCCOC)c4ccc(Cl)cc4C3(C)C)C2=[N+](c2ccc(Br)cc2)c2ccc(Br)cc2)C(C)(C)c2cc(Cl)ccc21. The van der Waals surface area contributed by atoms with Crippen LogP contribution in [0.2, 0.25) is 10.0 Å². The molecule has 0 saturated heterocycles. The average Bonchev–Trinajstić information content (AvgIpc) is 3.75. The number of halogens is 4. The quantitative estimate of drug-likeness (QED) is 0.104. The van der Waals surface area contributed by atoms with Crippen LogP contribution in [0.15, 0.2) is 141 Å². The molecule has 3 aliphatic rings. The molecule has 2 heterocycles. The van der Waals surface area contributed by atoms with Gasteiger partial charge >= 0.3 is 0 Å². The van der Waals surface area contributed by atoms with Crippen LogP contribution in [0.5, 0.6) is 0 Å². The number of ether oxygens (including phenoxy) is 2. The van der Waals surface area contributed by atoms with E-state index < -0.39 is 0 Å². The van der Waals surface area contributed by atoms with Crippen LogP contribution in [0.4, 0.5) is 22.7 Å². The molecule has 0 N–H and O–H groups in total. The van der Waals surface area contributed by atoms with E-state index in [1.54, 1.807) is 14.2 Å². The lowest BCUT2D eigenvalue weighted by atomic mass is 9.83. The second kappa shape index (κ2) is 18.0. The molecule has 5 nitrogen and oxygen atoms in total. The van der Waals surface area contributed by atoms with Crippen LogP contribution in [-0.2, 0) is 20.3 Å². The molecule has 9 heteroatoms. The highest BCUT2D eigenvalue weighted by atomic mass is 79.9. The molecule has 58 heavy (non-hydrogen) atoms. The van der Waals surface area contributed by atoms with Gasteiger partial charge in [0.05, 0.1) is 0 Å². The Morgan fingerprint density at radius 1 is 0.603 bits per heavy atom. The lowest BCUT2D eigenvalue weighted by molar-refractivity contribution is 0.196. The van der Waals surface area contributed by atoms with Gasteiger partial charge in [-0.05, 0) is 110 Å². The summed E-state index contributed by atoms with van der Waals surface area (Å²) in [4.78, 5) is 4.92. The average molecular weight is 946 g/mol. The number of fused-ring (bicyclic) bond motifs is 2. The highest BCUT2D eigenvalue weighted by Crippen LogP contribution is 2.50. The Morgan fingerprint density at radius 2 is 1.00 bits per heavy atom. The normalized spacial score (nSPS) is 19.6. The maximum Gasteiger partial charge on any atom is 0.218 e. The third kappa shape index (κ3) is 8.59. The van der Waals surface area contributed by atoms with E-state index in [2.05, 4.69) is 171 Å². The molecule has 0 amide bonds. The zero-order valence-corrected chi connectivity index (χ0v) is 38.9. The third-order valence-electron chi connectivity index (χ3n) is 11.7. The molecular weight excluding hydrogens is 893 g/mol. The molecule has 0 radical (unpaired) electrons. The summed E-state index contributed by atoms with van der Waals surface area (Å²) >= 11 is 20.6. The molecule has 0 unspecified atom stereocenters. The Morgan fingerprint density at radius 3 is 1.38 bits per heavy atom. The number of methoxy groups -OCH3 is 2. The van der Waals surface area contributed by atoms with Gasteiger partial charge in [-0.1, -0.05) is 94.9 Å². The largest absolute Gasteiger partial charge is 0.385 e. The third-order valence-corrected chi connectivity index (χ3v) is 13.2. The molecule has 1 saturated carbocycles. The Kier molecular flexibility index (Phi) is 13.3. The van der Waals surface area contributed by atoms with E-state index in [1.807, 2.05) is 12.1 Å². The first-order valence-corrected chi connectivity index (χ1v) is 22.3. The number of hydrogen-bond donors (Lipinski definition) is 0. The fraction of sp³-hybridized carbons (Fsp3) is 0.327. The zero-order chi connectivity index (χ0) is 41.2. The molecular formula is C49H52Br2Cl2N3O2+. The van der Waals surface area contributed by atoms with Gasteiger partial charge in [0.25, 0.3) is 0 Å². The highest BCUT2D eigenvalue weighted by Gasteiger charge is 2.42. The van der Waals surface area contributed by atoms with Crippen molar-refractivity contribution >= 4 is 83.5 Å². The lowest BCUT2D eigenvalue weighted by Crippen LogP contribution is -2.27. The first kappa shape index (κ1) is 42.7. The van der Waals surface area contributed by atoms with Gasteiger partial charge in [-0.15, -0.1) is 0 Å². The van der Waals surface area contributed by atoms with Crippen LogP contribution in [-0.4, -0.2) is 46.2 Å². The molecule has 7 rings (SSSR count). The summed E-state index contributed by atoms with van der Waals surface area (Å²) in [5, 5.41) is 1.51. The Labute approximate surface area is 371 Å². The Hall–Kier alpha value is -3.43. The van der Waals surface area contributed by atoms with Crippen molar-refractivity contribution in [1.29, 1.82) is 0 Å². The lowest BCUT2D eigenvalue weighted by Gasteiger charge is -2.27. The summed E-state index contributed by atoms with van der Waals surface area (Å²) in [6, 6.07) is 29.9. The van der Waals surface area contributed by atoms with Gasteiger partial charge in [-0.3, -0.25) is 0 Å². The van der Waals surface area contributed by atoms with Crippen molar-refractivity contribution in [3.8, 4) is 0 Å². The van der Waals surface area contributed by atoms with Crippen molar-refractivity contribution in [2.75, 3.05) is 50.3 Å². The minimum atomic E-state index is -0.248. The highest BCUT2D eigenvalue weighted by molar-refractivity contribution is 9.10. The summed E-state index contributed by atoms with van der Waals surface area (Å²) in [5.74, 6) is 0. The van der Waals surface area contributed by atoms with Crippen molar-refractivity contribution in [3.63, 3.8) is 0 Å². The Bertz CT molecular complexity index is 2160. The number of rotatable bonds is 12. The van der Waals surface area contributed by atoms with E-state index in [4.69, 9.17) is 32.7 Å². The number of benzene rings is 4. The van der Waals surface area contributed by atoms with Crippen molar-refractivity contribution in [2.24, 2.45) is 0 Å². The van der Waals surface area contributed by atoms with E-state index in [9.17, 15) is 0 Å². The van der Waals surface area contributed by atoms with Crippen molar-refractivity contribution in [2.45, 2.75) is 64.2 Å². The molecule has 4 aromatic rings. The van der Waals surface area contributed by atoms with E-state index in [0.29, 0.717) is 13.2 Å².